The lowest BCUT2D eigenvalue weighted by Crippen LogP contribution is -2.69. The highest BCUT2D eigenvalue weighted by Gasteiger charge is 2.51. The molecular formula is C43H58N4O11. The summed E-state index contributed by atoms with van der Waals surface area (Å²) >= 11 is 0. The summed E-state index contributed by atoms with van der Waals surface area (Å²) in [5.74, 6) is -7.43. The molecule has 15 heteroatoms. The molecule has 9 atom stereocenters. The number of ketones is 1. The van der Waals surface area contributed by atoms with E-state index in [4.69, 9.17) is 20.9 Å². The highest BCUT2D eigenvalue weighted by Crippen LogP contribution is 2.30. The Bertz CT molecular complexity index is 1770. The highest BCUT2D eigenvalue weighted by atomic mass is 16.6. The molecule has 0 saturated heterocycles. The number of aliphatic hydroxyl groups is 4. The monoisotopic (exact) mass is 806 g/mol. The molecule has 0 aliphatic rings. The van der Waals surface area contributed by atoms with Gasteiger partial charge in [-0.3, -0.25) is 19.2 Å². The van der Waals surface area contributed by atoms with Gasteiger partial charge in [0.05, 0.1) is 24.6 Å². The lowest BCUT2D eigenvalue weighted by molar-refractivity contribution is -0.169. The summed E-state index contributed by atoms with van der Waals surface area (Å²) in [5, 5.41) is 48.8. The predicted octanol–water partition coefficient (Wildman–Crippen LogP) is 1.54. The van der Waals surface area contributed by atoms with Crippen LogP contribution in [0.5, 0.6) is 0 Å². The van der Waals surface area contributed by atoms with E-state index in [1.807, 2.05) is 0 Å². The molecule has 0 radical (unpaired) electrons. The lowest BCUT2D eigenvalue weighted by atomic mass is 9.83. The number of amides is 2. The molecule has 3 aromatic carbocycles. The van der Waals surface area contributed by atoms with E-state index in [0.29, 0.717) is 17.5 Å². The van der Waals surface area contributed by atoms with Crippen molar-refractivity contribution in [1.82, 2.24) is 10.6 Å². The van der Waals surface area contributed by atoms with Crippen LogP contribution in [0.25, 0.3) is 0 Å². The smallest absolute Gasteiger partial charge is 0.342 e. The van der Waals surface area contributed by atoms with Crippen molar-refractivity contribution in [2.75, 3.05) is 6.61 Å². The number of hydrogen-bond donors (Lipinski definition) is 8. The summed E-state index contributed by atoms with van der Waals surface area (Å²) in [5.41, 5.74) is 10.4. The molecule has 0 aliphatic heterocycles. The van der Waals surface area contributed by atoms with Gasteiger partial charge in [0.1, 0.15) is 30.0 Å². The molecule has 0 fully saturated rings. The molecule has 0 aliphatic carbocycles. The Hall–Kier alpha value is -5.03. The first kappa shape index (κ1) is 47.3. The topological polar surface area (TPSA) is 261 Å². The third kappa shape index (κ3) is 11.8. The van der Waals surface area contributed by atoms with Gasteiger partial charge in [0.25, 0.3) is 5.91 Å². The van der Waals surface area contributed by atoms with Gasteiger partial charge in [-0.1, -0.05) is 118 Å². The number of esters is 2. The SMILES string of the molecule is CC[C@H](C)[C@H](N)C(=O)N[C@@](CC)(C(=O)N[C@@H](CO)[C@@H](O)[C@@H](O)[C@H](O)C(=O)C(c1ccccc1)[C@H](N)C(=O)OC(c1ccccc1)c1ccccc1)C(=O)OC(C)(C)C. The van der Waals surface area contributed by atoms with Gasteiger partial charge in [0.2, 0.25) is 11.4 Å². The maximum absolute atomic E-state index is 14.1. The molecule has 3 rings (SSSR count). The van der Waals surface area contributed by atoms with Gasteiger partial charge >= 0.3 is 11.9 Å². The average molecular weight is 807 g/mol. The molecule has 0 saturated carbocycles. The van der Waals surface area contributed by atoms with Crippen LogP contribution in [0.3, 0.4) is 0 Å². The number of nitrogens with one attached hydrogen (secondary N) is 2. The number of Topliss-reactive ketones (excluding diaryl/α,β-unsaturated/α-hetero) is 1. The first-order chi connectivity index (χ1) is 27.3. The van der Waals surface area contributed by atoms with Crippen molar-refractivity contribution < 1.29 is 53.9 Å². The van der Waals surface area contributed by atoms with Crippen LogP contribution in [-0.2, 0) is 33.4 Å². The van der Waals surface area contributed by atoms with Crippen LogP contribution in [0, 0.1) is 5.92 Å². The summed E-state index contributed by atoms with van der Waals surface area (Å²) in [4.78, 5) is 68.8. The average Bonchev–Trinajstić information content (AvgIpc) is 3.22. The number of hydrogen-bond acceptors (Lipinski definition) is 13. The minimum Gasteiger partial charge on any atom is -0.458 e. The quantitative estimate of drug-likeness (QED) is 0.0596. The molecule has 0 aromatic heterocycles. The fraction of sp³-hybridized carbons (Fsp3) is 0.465. The summed E-state index contributed by atoms with van der Waals surface area (Å²) in [6, 6.07) is 20.7. The van der Waals surface area contributed by atoms with E-state index < -0.39 is 95.7 Å². The summed E-state index contributed by atoms with van der Waals surface area (Å²) < 4.78 is 11.4. The molecular weight excluding hydrogens is 748 g/mol. The van der Waals surface area contributed by atoms with Crippen molar-refractivity contribution in [3.05, 3.63) is 108 Å². The second kappa shape index (κ2) is 21.1. The number of benzene rings is 3. The van der Waals surface area contributed by atoms with E-state index in [1.54, 1.807) is 113 Å². The number of carbonyl (C=O) groups excluding carboxylic acids is 5. The number of aliphatic hydroxyl groups excluding tert-OH is 4. The second-order valence-electron chi connectivity index (χ2n) is 15.3. The first-order valence-corrected chi connectivity index (χ1v) is 19.2. The molecule has 0 spiro atoms. The van der Waals surface area contributed by atoms with Gasteiger partial charge in [0, 0.05) is 0 Å². The third-order valence-corrected chi connectivity index (χ3v) is 9.99. The maximum Gasteiger partial charge on any atom is 0.342 e. The van der Waals surface area contributed by atoms with Crippen LogP contribution in [0.1, 0.15) is 83.1 Å². The van der Waals surface area contributed by atoms with Gasteiger partial charge in [-0.25, -0.2) is 4.79 Å². The Morgan fingerprint density at radius 3 is 1.66 bits per heavy atom. The van der Waals surface area contributed by atoms with Crippen LogP contribution >= 0.6 is 0 Å². The van der Waals surface area contributed by atoms with Crippen molar-refractivity contribution in [2.24, 2.45) is 17.4 Å². The Labute approximate surface area is 339 Å². The maximum atomic E-state index is 14.1. The highest BCUT2D eigenvalue weighted by molar-refractivity contribution is 6.10. The Balaban J connectivity index is 1.92. The minimum absolute atomic E-state index is 0.178. The summed E-state index contributed by atoms with van der Waals surface area (Å²) in [6.45, 7) is 8.49. The Morgan fingerprint density at radius 2 is 1.22 bits per heavy atom. The normalized spacial score (nSPS) is 16.9. The van der Waals surface area contributed by atoms with E-state index in [2.05, 4.69) is 10.6 Å². The van der Waals surface area contributed by atoms with Crippen molar-refractivity contribution >= 4 is 29.5 Å². The zero-order chi connectivity index (χ0) is 43.4. The predicted molar refractivity (Wildman–Crippen MR) is 214 cm³/mol. The van der Waals surface area contributed by atoms with Crippen molar-refractivity contribution in [3.8, 4) is 0 Å². The molecule has 0 heterocycles. The van der Waals surface area contributed by atoms with E-state index in [9.17, 15) is 44.4 Å². The molecule has 316 valence electrons. The van der Waals surface area contributed by atoms with Crippen molar-refractivity contribution in [3.63, 3.8) is 0 Å². The molecule has 3 aromatic rings. The van der Waals surface area contributed by atoms with E-state index in [0.717, 1.165) is 0 Å². The van der Waals surface area contributed by atoms with Crippen LogP contribution in [-0.4, -0.2) is 104 Å². The summed E-state index contributed by atoms with van der Waals surface area (Å²) in [7, 11) is 0. The number of ether oxygens (including phenoxy) is 2. The zero-order valence-corrected chi connectivity index (χ0v) is 33.8. The Morgan fingerprint density at radius 1 is 0.741 bits per heavy atom. The van der Waals surface area contributed by atoms with Crippen LogP contribution < -0.4 is 22.1 Å². The lowest BCUT2D eigenvalue weighted by Gasteiger charge is -2.36. The molecule has 15 nitrogen and oxygen atoms in total. The van der Waals surface area contributed by atoms with E-state index in [-0.39, 0.29) is 17.9 Å². The van der Waals surface area contributed by atoms with Crippen LogP contribution in [0.2, 0.25) is 0 Å². The third-order valence-electron chi connectivity index (χ3n) is 9.99. The van der Waals surface area contributed by atoms with Gasteiger partial charge in [-0.15, -0.1) is 0 Å². The first-order valence-electron chi connectivity index (χ1n) is 19.2. The molecule has 0 bridgehead atoms. The van der Waals surface area contributed by atoms with Crippen LogP contribution in [0.15, 0.2) is 91.0 Å². The molecule has 58 heavy (non-hydrogen) atoms. The van der Waals surface area contributed by atoms with Gasteiger partial charge < -0.3 is 52.0 Å². The van der Waals surface area contributed by atoms with Gasteiger partial charge in [-0.05, 0) is 49.8 Å². The number of rotatable bonds is 20. The van der Waals surface area contributed by atoms with Crippen molar-refractivity contribution in [2.45, 2.75) is 114 Å². The number of nitrogens with two attached hydrogens (primary N) is 2. The molecule has 10 N–H and O–H groups in total. The summed E-state index contributed by atoms with van der Waals surface area (Å²) in [6.07, 6.45) is -7.90. The standard InChI is InChI=1S/C43H58N4O11/c1-7-25(3)31(44)38(53)47-43(8-2,41(56)58-42(4,5)6)40(55)46-29(24-48)33(49)35(51)36(52)34(50)30(26-18-12-9-13-19-26)32(45)39(54)57-37(27-20-14-10-15-21-27)28-22-16-11-17-23-28/h9-23,25,29-33,35-37,48-49,51-52H,7-8,24,44-45H2,1-6H3,(H,46,55)(H,47,53)/t25-,29-,30?,31-,32-,33+,35+,36+,43-/m0/s1. The molecule has 2 amide bonds. The Kier molecular flexibility index (Phi) is 17.2. The minimum atomic E-state index is -2.45. The fourth-order valence-corrected chi connectivity index (χ4v) is 6.20. The molecule has 1 unspecified atom stereocenters. The van der Waals surface area contributed by atoms with Gasteiger partial charge in [-0.2, -0.15) is 0 Å². The van der Waals surface area contributed by atoms with E-state index in [1.165, 1.54) is 19.1 Å². The van der Waals surface area contributed by atoms with Gasteiger partial charge in [0.15, 0.2) is 11.9 Å². The van der Waals surface area contributed by atoms with E-state index >= 15 is 0 Å². The zero-order valence-electron chi connectivity index (χ0n) is 33.8. The fourth-order valence-electron chi connectivity index (χ4n) is 6.20. The van der Waals surface area contributed by atoms with Crippen LogP contribution in [0.4, 0.5) is 0 Å². The number of carbonyl (C=O) groups is 5. The largest absolute Gasteiger partial charge is 0.458 e. The van der Waals surface area contributed by atoms with Crippen molar-refractivity contribution in [1.29, 1.82) is 0 Å². The second-order valence-corrected chi connectivity index (χ2v) is 15.3.